The van der Waals surface area contributed by atoms with Gasteiger partial charge in [-0.15, -0.1) is 0 Å². The Bertz CT molecular complexity index is 496. The van der Waals surface area contributed by atoms with Crippen molar-refractivity contribution >= 4 is 17.6 Å². The zero-order chi connectivity index (χ0) is 14.3. The van der Waals surface area contributed by atoms with Gasteiger partial charge in [-0.25, -0.2) is 0 Å². The van der Waals surface area contributed by atoms with Gasteiger partial charge in [-0.2, -0.15) is 0 Å². The minimum atomic E-state index is -0.148. The molecule has 2 saturated carbocycles. The molecule has 3 rings (SSSR count). The summed E-state index contributed by atoms with van der Waals surface area (Å²) in [7, 11) is 0. The molecule has 0 N–H and O–H groups in total. The number of nitrogens with zero attached hydrogens (tertiary/aromatic N) is 1. The molecule has 1 spiro atoms. The molecule has 0 aromatic heterocycles. The van der Waals surface area contributed by atoms with Crippen LogP contribution in [-0.2, 0) is 14.4 Å². The Morgan fingerprint density at radius 1 is 0.900 bits per heavy atom. The molecule has 0 unspecified atom stereocenters. The molecular formula is C16H21NO3. The lowest BCUT2D eigenvalue weighted by Crippen LogP contribution is -2.33. The monoisotopic (exact) mass is 275 g/mol. The summed E-state index contributed by atoms with van der Waals surface area (Å²) in [5.41, 5.74) is 1.37. The molecule has 3 fully saturated rings. The molecule has 20 heavy (non-hydrogen) atoms. The van der Waals surface area contributed by atoms with Crippen molar-refractivity contribution in [3.8, 4) is 0 Å². The van der Waals surface area contributed by atoms with Crippen LogP contribution < -0.4 is 0 Å². The quantitative estimate of drug-likeness (QED) is 0.546. The van der Waals surface area contributed by atoms with Gasteiger partial charge in [0.2, 0.25) is 11.8 Å². The lowest BCUT2D eigenvalue weighted by atomic mass is 9.69. The van der Waals surface area contributed by atoms with Crippen molar-refractivity contribution in [2.45, 2.75) is 64.7 Å². The number of carbonyl (C=O) groups excluding carboxylic acids is 3. The van der Waals surface area contributed by atoms with Crippen molar-refractivity contribution in [2.24, 2.45) is 5.41 Å². The smallest absolute Gasteiger partial charge is 0.234 e. The van der Waals surface area contributed by atoms with Gasteiger partial charge >= 0.3 is 0 Å². The molecule has 0 atom stereocenters. The lowest BCUT2D eigenvalue weighted by Gasteiger charge is -2.36. The average Bonchev–Trinajstić information content (AvgIpc) is 2.92. The average molecular weight is 275 g/mol. The van der Waals surface area contributed by atoms with Gasteiger partial charge in [0.1, 0.15) is 0 Å². The van der Waals surface area contributed by atoms with E-state index in [9.17, 15) is 14.4 Å². The van der Waals surface area contributed by atoms with E-state index < -0.39 is 0 Å². The van der Waals surface area contributed by atoms with Gasteiger partial charge in [0.05, 0.1) is 0 Å². The summed E-state index contributed by atoms with van der Waals surface area (Å²) in [6.45, 7) is 1.79. The standard InChI is InChI=1S/C16H21NO3/c1-11(17-13(19)5-6-14(17)20)15-12(18)7-10-16(15)8-3-2-4-9-16/h2-10H2,1H3/b15-11-. The van der Waals surface area contributed by atoms with Crippen LogP contribution >= 0.6 is 0 Å². The molecule has 4 nitrogen and oxygen atoms in total. The van der Waals surface area contributed by atoms with Gasteiger partial charge in [-0.1, -0.05) is 19.3 Å². The molecule has 2 aliphatic carbocycles. The molecule has 2 amide bonds. The molecule has 0 aromatic carbocycles. The summed E-state index contributed by atoms with van der Waals surface area (Å²) >= 11 is 0. The highest BCUT2D eigenvalue weighted by molar-refractivity contribution is 6.06. The first-order chi connectivity index (χ1) is 9.55. The molecular weight excluding hydrogens is 254 g/mol. The molecule has 0 bridgehead atoms. The number of hydrogen-bond donors (Lipinski definition) is 0. The Balaban J connectivity index is 2.03. The van der Waals surface area contributed by atoms with E-state index in [0.717, 1.165) is 37.7 Å². The molecule has 1 aliphatic heterocycles. The van der Waals surface area contributed by atoms with Crippen molar-refractivity contribution < 1.29 is 14.4 Å². The van der Waals surface area contributed by atoms with Crippen LogP contribution in [-0.4, -0.2) is 22.5 Å². The van der Waals surface area contributed by atoms with Gasteiger partial charge in [0, 0.05) is 35.9 Å². The third kappa shape index (κ3) is 1.93. The summed E-state index contributed by atoms with van der Waals surface area (Å²) in [4.78, 5) is 37.5. The van der Waals surface area contributed by atoms with Gasteiger partial charge in [-0.3, -0.25) is 19.3 Å². The maximum atomic E-state index is 12.4. The van der Waals surface area contributed by atoms with Crippen molar-refractivity contribution in [1.82, 2.24) is 4.90 Å². The van der Waals surface area contributed by atoms with Crippen LogP contribution in [0.25, 0.3) is 0 Å². The second-order valence-corrected chi connectivity index (χ2v) is 6.35. The molecule has 1 saturated heterocycles. The topological polar surface area (TPSA) is 54.5 Å². The van der Waals surface area contributed by atoms with Crippen LogP contribution in [0.3, 0.4) is 0 Å². The Labute approximate surface area is 119 Å². The third-order valence-corrected chi connectivity index (χ3v) is 5.20. The fraction of sp³-hybridized carbons (Fsp3) is 0.688. The lowest BCUT2D eigenvalue weighted by molar-refractivity contribution is -0.136. The first kappa shape index (κ1) is 13.5. The summed E-state index contributed by atoms with van der Waals surface area (Å²) in [5.74, 6) is -0.145. The number of Topliss-reactive ketones (excluding diaryl/α,β-unsaturated/α-hetero) is 1. The van der Waals surface area contributed by atoms with Crippen molar-refractivity contribution in [3.63, 3.8) is 0 Å². The Kier molecular flexibility index (Phi) is 3.27. The fourth-order valence-electron chi connectivity index (χ4n) is 4.28. The van der Waals surface area contributed by atoms with Crippen LogP contribution in [0.15, 0.2) is 11.3 Å². The maximum absolute atomic E-state index is 12.4. The van der Waals surface area contributed by atoms with E-state index in [4.69, 9.17) is 0 Å². The van der Waals surface area contributed by atoms with Gasteiger partial charge in [0.25, 0.3) is 0 Å². The maximum Gasteiger partial charge on any atom is 0.234 e. The number of ketones is 1. The number of rotatable bonds is 1. The number of carbonyl (C=O) groups is 3. The number of hydrogen-bond acceptors (Lipinski definition) is 3. The van der Waals surface area contributed by atoms with E-state index in [0.29, 0.717) is 12.1 Å². The Morgan fingerprint density at radius 3 is 2.10 bits per heavy atom. The van der Waals surface area contributed by atoms with E-state index >= 15 is 0 Å². The predicted molar refractivity (Wildman–Crippen MR) is 73.5 cm³/mol. The van der Waals surface area contributed by atoms with Gasteiger partial charge < -0.3 is 0 Å². The number of likely N-dealkylation sites (tertiary alicyclic amines) is 1. The van der Waals surface area contributed by atoms with Crippen LogP contribution in [0.5, 0.6) is 0 Å². The highest BCUT2D eigenvalue weighted by atomic mass is 16.2. The zero-order valence-corrected chi connectivity index (χ0v) is 12.0. The van der Waals surface area contributed by atoms with Crippen molar-refractivity contribution in [1.29, 1.82) is 0 Å². The first-order valence-corrected chi connectivity index (χ1v) is 7.65. The number of amides is 2. The first-order valence-electron chi connectivity index (χ1n) is 7.65. The summed E-state index contributed by atoms with van der Waals surface area (Å²) in [5, 5.41) is 0. The predicted octanol–water partition coefficient (Wildman–Crippen LogP) is 2.72. The van der Waals surface area contributed by atoms with E-state index in [1.807, 2.05) is 0 Å². The van der Waals surface area contributed by atoms with Crippen LogP contribution in [0, 0.1) is 5.41 Å². The van der Waals surface area contributed by atoms with E-state index in [-0.39, 0.29) is 35.9 Å². The summed E-state index contributed by atoms with van der Waals surface area (Å²) in [6.07, 6.45) is 7.61. The highest BCUT2D eigenvalue weighted by Gasteiger charge is 2.46. The minimum absolute atomic E-state index is 0.0530. The number of allylic oxidation sites excluding steroid dienone is 2. The van der Waals surface area contributed by atoms with Crippen molar-refractivity contribution in [3.05, 3.63) is 11.3 Å². The zero-order valence-electron chi connectivity index (χ0n) is 12.0. The SMILES string of the molecule is C/C(=C1\C(=O)CCC12CCCCC2)N1C(=O)CCC1=O. The van der Waals surface area contributed by atoms with Gasteiger partial charge in [-0.05, 0) is 26.2 Å². The fourth-order valence-corrected chi connectivity index (χ4v) is 4.28. The molecule has 0 aromatic rings. The van der Waals surface area contributed by atoms with Crippen molar-refractivity contribution in [2.75, 3.05) is 0 Å². The second-order valence-electron chi connectivity index (χ2n) is 6.35. The largest absolute Gasteiger partial charge is 0.294 e. The molecule has 1 heterocycles. The Hall–Kier alpha value is -1.45. The molecule has 3 aliphatic rings. The summed E-state index contributed by atoms with van der Waals surface area (Å²) in [6, 6.07) is 0. The molecule has 4 heteroatoms. The van der Waals surface area contributed by atoms with E-state index in [1.165, 1.54) is 11.3 Å². The highest BCUT2D eigenvalue weighted by Crippen LogP contribution is 2.52. The van der Waals surface area contributed by atoms with Crippen LogP contribution in [0.2, 0.25) is 0 Å². The van der Waals surface area contributed by atoms with Gasteiger partial charge in [0.15, 0.2) is 5.78 Å². The summed E-state index contributed by atoms with van der Waals surface area (Å²) < 4.78 is 0. The molecule has 108 valence electrons. The van der Waals surface area contributed by atoms with Crippen LogP contribution in [0.4, 0.5) is 0 Å². The Morgan fingerprint density at radius 2 is 1.50 bits per heavy atom. The minimum Gasteiger partial charge on any atom is -0.294 e. The third-order valence-electron chi connectivity index (χ3n) is 5.20. The second kappa shape index (κ2) is 4.83. The molecule has 0 radical (unpaired) electrons. The normalized spacial score (nSPS) is 28.6. The van der Waals surface area contributed by atoms with E-state index in [1.54, 1.807) is 6.92 Å². The van der Waals surface area contributed by atoms with Crippen LogP contribution in [0.1, 0.15) is 64.7 Å². The number of imide groups is 1. The van der Waals surface area contributed by atoms with E-state index in [2.05, 4.69) is 0 Å².